The van der Waals surface area contributed by atoms with E-state index in [1.165, 1.54) is 18.2 Å². The lowest BCUT2D eigenvalue weighted by Gasteiger charge is -2.24. The van der Waals surface area contributed by atoms with Crippen LogP contribution in [0.15, 0.2) is 54.6 Å². The van der Waals surface area contributed by atoms with Crippen LogP contribution < -0.4 is 9.62 Å². The molecule has 0 aliphatic carbocycles. The summed E-state index contributed by atoms with van der Waals surface area (Å²) in [6, 6.07) is 15.4. The average molecular weight is 421 g/mol. The highest BCUT2D eigenvalue weighted by atomic mass is 32.2. The van der Waals surface area contributed by atoms with Crippen LogP contribution in [-0.4, -0.2) is 27.1 Å². The molecule has 2 aromatic carbocycles. The number of halogens is 1. The van der Waals surface area contributed by atoms with Gasteiger partial charge in [0.2, 0.25) is 15.9 Å². The highest BCUT2D eigenvalue weighted by molar-refractivity contribution is 7.92. The average Bonchev–Trinajstić information content (AvgIpc) is 2.65. The molecule has 0 saturated heterocycles. The molecule has 0 radical (unpaired) electrons. The van der Waals surface area contributed by atoms with Gasteiger partial charge in [-0.15, -0.1) is 0 Å². The fourth-order valence-electron chi connectivity index (χ4n) is 3.20. The highest BCUT2D eigenvalue weighted by Crippen LogP contribution is 2.23. The molecule has 0 unspecified atom stereocenters. The third-order valence-corrected chi connectivity index (χ3v) is 5.71. The van der Waals surface area contributed by atoms with Gasteiger partial charge in [-0.05, 0) is 36.5 Å². The maximum Gasteiger partial charge on any atom is 0.232 e. The molecule has 1 amide bonds. The summed E-state index contributed by atoms with van der Waals surface area (Å²) in [5, 5.41) is 3.05. The van der Waals surface area contributed by atoms with Crippen LogP contribution in [0.1, 0.15) is 44.7 Å². The molecule has 158 valence electrons. The van der Waals surface area contributed by atoms with Crippen LogP contribution in [0.3, 0.4) is 0 Å². The summed E-state index contributed by atoms with van der Waals surface area (Å²) in [5.41, 5.74) is 1.04. The number of hydrogen-bond donors (Lipinski definition) is 1. The van der Waals surface area contributed by atoms with E-state index in [-0.39, 0.29) is 37.0 Å². The fraction of sp³-hybridized carbons (Fsp3) is 0.409. The van der Waals surface area contributed by atoms with Crippen molar-refractivity contribution in [3.63, 3.8) is 0 Å². The number of carbonyl (C=O) groups excluding carboxylic acids is 1. The van der Waals surface area contributed by atoms with Gasteiger partial charge in [-0.1, -0.05) is 56.3 Å². The highest BCUT2D eigenvalue weighted by Gasteiger charge is 2.21. The second kappa shape index (κ2) is 10.4. The summed E-state index contributed by atoms with van der Waals surface area (Å²) in [7, 11) is -3.66. The van der Waals surface area contributed by atoms with Gasteiger partial charge < -0.3 is 5.32 Å². The normalized spacial score (nSPS) is 12.6. The molecular formula is C22H29FN2O3S. The van der Waals surface area contributed by atoms with E-state index in [1.54, 1.807) is 6.07 Å². The quantitative estimate of drug-likeness (QED) is 0.624. The van der Waals surface area contributed by atoms with Crippen molar-refractivity contribution in [3.05, 3.63) is 66.0 Å². The fourth-order valence-corrected chi connectivity index (χ4v) is 4.17. The molecule has 1 N–H and O–H groups in total. The first kappa shape index (κ1) is 22.9. The monoisotopic (exact) mass is 420 g/mol. The number of nitrogens with zero attached hydrogens (tertiary/aromatic N) is 1. The molecule has 29 heavy (non-hydrogen) atoms. The summed E-state index contributed by atoms with van der Waals surface area (Å²) < 4.78 is 39.3. The van der Waals surface area contributed by atoms with Crippen LogP contribution in [0, 0.1) is 11.7 Å². The van der Waals surface area contributed by atoms with Crippen molar-refractivity contribution in [2.45, 2.75) is 39.2 Å². The van der Waals surface area contributed by atoms with E-state index in [0.717, 1.165) is 22.5 Å². The van der Waals surface area contributed by atoms with E-state index in [4.69, 9.17) is 0 Å². The Bertz CT molecular complexity index is 901. The van der Waals surface area contributed by atoms with Gasteiger partial charge in [-0.3, -0.25) is 9.10 Å². The van der Waals surface area contributed by atoms with Crippen LogP contribution in [0.5, 0.6) is 0 Å². The van der Waals surface area contributed by atoms with Crippen molar-refractivity contribution >= 4 is 21.6 Å². The number of nitrogens with one attached hydrogen (secondary N) is 1. The number of amides is 1. The molecule has 0 aromatic heterocycles. The predicted molar refractivity (Wildman–Crippen MR) is 115 cm³/mol. The zero-order valence-corrected chi connectivity index (χ0v) is 18.0. The van der Waals surface area contributed by atoms with E-state index >= 15 is 0 Å². The minimum atomic E-state index is -3.66. The third-order valence-electron chi connectivity index (χ3n) is 4.53. The van der Waals surface area contributed by atoms with Crippen molar-refractivity contribution in [2.75, 3.05) is 17.1 Å². The van der Waals surface area contributed by atoms with Crippen LogP contribution in [0.25, 0.3) is 0 Å². The molecule has 2 rings (SSSR count). The summed E-state index contributed by atoms with van der Waals surface area (Å²) >= 11 is 0. The van der Waals surface area contributed by atoms with Crippen molar-refractivity contribution in [2.24, 2.45) is 5.92 Å². The number of benzene rings is 2. The van der Waals surface area contributed by atoms with Gasteiger partial charge in [0.15, 0.2) is 0 Å². The maximum absolute atomic E-state index is 14.1. The Balaban J connectivity index is 2.00. The summed E-state index contributed by atoms with van der Waals surface area (Å²) in [6.07, 6.45) is 2.28. The molecule has 0 heterocycles. The molecule has 5 nitrogen and oxygen atoms in total. The molecule has 0 saturated carbocycles. The maximum atomic E-state index is 14.1. The first-order valence-electron chi connectivity index (χ1n) is 9.75. The zero-order valence-electron chi connectivity index (χ0n) is 17.1. The van der Waals surface area contributed by atoms with Gasteiger partial charge in [-0.2, -0.15) is 0 Å². The van der Waals surface area contributed by atoms with E-state index in [9.17, 15) is 17.6 Å². The molecule has 0 aliphatic heterocycles. The minimum Gasteiger partial charge on any atom is -0.349 e. The first-order chi connectivity index (χ1) is 13.7. The van der Waals surface area contributed by atoms with Crippen LogP contribution >= 0.6 is 0 Å². The Morgan fingerprint density at radius 2 is 1.69 bits per heavy atom. The Kier molecular flexibility index (Phi) is 8.20. The smallest absolute Gasteiger partial charge is 0.232 e. The third kappa shape index (κ3) is 7.16. The molecule has 1 atom stereocenters. The van der Waals surface area contributed by atoms with Crippen molar-refractivity contribution < 1.29 is 17.6 Å². The van der Waals surface area contributed by atoms with Gasteiger partial charge in [0.1, 0.15) is 5.82 Å². The van der Waals surface area contributed by atoms with Gasteiger partial charge in [-0.25, -0.2) is 12.8 Å². The van der Waals surface area contributed by atoms with E-state index in [2.05, 4.69) is 19.2 Å². The molecule has 2 aromatic rings. The van der Waals surface area contributed by atoms with Gasteiger partial charge in [0.25, 0.3) is 0 Å². The SMILES string of the molecule is CC(C)C[C@H](NC(=O)CCCN(c1ccccc1F)S(C)(=O)=O)c1ccccc1. The zero-order chi connectivity index (χ0) is 21.4. The Morgan fingerprint density at radius 3 is 2.28 bits per heavy atom. The second-order valence-electron chi connectivity index (χ2n) is 7.55. The first-order valence-corrected chi connectivity index (χ1v) is 11.6. The van der Waals surface area contributed by atoms with Gasteiger partial charge >= 0.3 is 0 Å². The van der Waals surface area contributed by atoms with Crippen molar-refractivity contribution in [1.82, 2.24) is 5.32 Å². The minimum absolute atomic E-state index is 0.00243. The van der Waals surface area contributed by atoms with Crippen LogP contribution in [0.2, 0.25) is 0 Å². The van der Waals surface area contributed by atoms with Crippen molar-refractivity contribution in [3.8, 4) is 0 Å². The lowest BCUT2D eigenvalue weighted by molar-refractivity contribution is -0.122. The number of sulfonamides is 1. The Labute approximate surface area is 173 Å². The summed E-state index contributed by atoms with van der Waals surface area (Å²) in [5.74, 6) is -0.354. The number of anilines is 1. The largest absolute Gasteiger partial charge is 0.349 e. The predicted octanol–water partition coefficient (Wildman–Crippen LogP) is 4.28. The van der Waals surface area contributed by atoms with E-state index in [0.29, 0.717) is 5.92 Å². The number of carbonyl (C=O) groups is 1. The lowest BCUT2D eigenvalue weighted by atomic mass is 9.97. The van der Waals surface area contributed by atoms with E-state index in [1.807, 2.05) is 30.3 Å². The molecule has 0 aliphatic rings. The van der Waals surface area contributed by atoms with Gasteiger partial charge in [0.05, 0.1) is 18.0 Å². The van der Waals surface area contributed by atoms with Gasteiger partial charge in [0, 0.05) is 13.0 Å². The summed E-state index contributed by atoms with van der Waals surface area (Å²) in [6.45, 7) is 4.23. The number of rotatable bonds is 10. The van der Waals surface area contributed by atoms with Crippen molar-refractivity contribution in [1.29, 1.82) is 0 Å². The van der Waals surface area contributed by atoms with Crippen LogP contribution in [-0.2, 0) is 14.8 Å². The number of para-hydroxylation sites is 1. The Morgan fingerprint density at radius 1 is 1.07 bits per heavy atom. The van der Waals surface area contributed by atoms with E-state index < -0.39 is 15.8 Å². The molecule has 0 fully saturated rings. The number of hydrogen-bond acceptors (Lipinski definition) is 3. The Hall–Kier alpha value is -2.41. The lowest BCUT2D eigenvalue weighted by Crippen LogP contribution is -2.33. The topological polar surface area (TPSA) is 66.5 Å². The second-order valence-corrected chi connectivity index (χ2v) is 9.46. The molecule has 0 bridgehead atoms. The molecule has 0 spiro atoms. The summed E-state index contributed by atoms with van der Waals surface area (Å²) in [4.78, 5) is 12.5. The molecule has 7 heteroatoms. The molecular weight excluding hydrogens is 391 g/mol. The van der Waals surface area contributed by atoms with Crippen LogP contribution in [0.4, 0.5) is 10.1 Å². The standard InChI is InChI=1S/C22H29FN2O3S/c1-17(2)16-20(18-10-5-4-6-11-18)24-22(26)14-9-15-25(29(3,27)28)21-13-8-7-12-19(21)23/h4-8,10-13,17,20H,9,14-16H2,1-3H3,(H,24,26)/t20-/m0/s1.